The smallest absolute Gasteiger partial charge is 0.190 e. The van der Waals surface area contributed by atoms with Crippen molar-refractivity contribution in [3.63, 3.8) is 0 Å². The molecule has 3 rings (SSSR count). The van der Waals surface area contributed by atoms with Crippen LogP contribution in [0.15, 0.2) is 22.4 Å². The van der Waals surface area contributed by atoms with Crippen LogP contribution in [0.3, 0.4) is 0 Å². The Morgan fingerprint density at radius 3 is 2.97 bits per heavy atom. The first-order chi connectivity index (χ1) is 14.4. The van der Waals surface area contributed by atoms with Gasteiger partial charge in [-0.2, -0.15) is 10.4 Å². The largest absolute Gasteiger partial charge is 0.353 e. The third-order valence-electron chi connectivity index (χ3n) is 4.31. The maximum Gasteiger partial charge on any atom is 0.190 e. The number of hydrazone groups is 1. The van der Waals surface area contributed by atoms with E-state index in [1.54, 1.807) is 0 Å². The molecule has 0 saturated carbocycles. The summed E-state index contributed by atoms with van der Waals surface area (Å²) < 4.78 is 14.1. The first-order valence-electron chi connectivity index (χ1n) is 8.83. The number of hydrogen-bond acceptors (Lipinski definition) is 8. The van der Waals surface area contributed by atoms with Crippen molar-refractivity contribution in [1.29, 1.82) is 5.26 Å². The van der Waals surface area contributed by atoms with Crippen molar-refractivity contribution in [2.45, 2.75) is 17.6 Å². The van der Waals surface area contributed by atoms with E-state index in [0.29, 0.717) is 42.6 Å². The van der Waals surface area contributed by atoms with Crippen LogP contribution in [0.2, 0.25) is 15.2 Å². The van der Waals surface area contributed by atoms with Crippen molar-refractivity contribution in [2.24, 2.45) is 5.10 Å². The van der Waals surface area contributed by atoms with Crippen molar-refractivity contribution in [2.75, 3.05) is 36.2 Å². The predicted octanol–water partition coefficient (Wildman–Crippen LogP) is 4.44. The number of piperazine rings is 1. The van der Waals surface area contributed by atoms with E-state index < -0.39 is 5.82 Å². The molecule has 7 nitrogen and oxygen atoms in total. The lowest BCUT2D eigenvalue weighted by atomic mass is 10.1. The van der Waals surface area contributed by atoms with Gasteiger partial charge < -0.3 is 10.2 Å². The monoisotopic (exact) mass is 487 g/mol. The van der Waals surface area contributed by atoms with Crippen molar-refractivity contribution in [1.82, 2.24) is 15.3 Å². The van der Waals surface area contributed by atoms with Crippen molar-refractivity contribution >= 4 is 64.3 Å². The predicted molar refractivity (Wildman–Crippen MR) is 121 cm³/mol. The Morgan fingerprint density at radius 1 is 1.43 bits per heavy atom. The first-order valence-corrected chi connectivity index (χ1v) is 11.2. The molecule has 1 atom stereocenters. The molecular formula is C18H17Cl3FN7S. The Labute approximate surface area is 192 Å². The molecule has 2 N–H and O–H groups in total. The van der Waals surface area contributed by atoms with E-state index >= 15 is 0 Å². The molecule has 1 aromatic heterocycles. The Balaban J connectivity index is 1.90. The van der Waals surface area contributed by atoms with Gasteiger partial charge in [0.05, 0.1) is 35.0 Å². The molecule has 0 spiro atoms. The maximum absolute atomic E-state index is 14.1. The zero-order valence-corrected chi connectivity index (χ0v) is 18.9. The van der Waals surface area contributed by atoms with Crippen LogP contribution < -0.4 is 15.6 Å². The van der Waals surface area contributed by atoms with Gasteiger partial charge in [0.1, 0.15) is 11.0 Å². The number of nitrogens with one attached hydrogen (secondary N) is 2. The topological polar surface area (TPSA) is 89.2 Å². The van der Waals surface area contributed by atoms with Gasteiger partial charge in [0.15, 0.2) is 11.0 Å². The summed E-state index contributed by atoms with van der Waals surface area (Å²) in [5.74, 6) is -0.0705. The van der Waals surface area contributed by atoms with E-state index in [4.69, 9.17) is 40.1 Å². The summed E-state index contributed by atoms with van der Waals surface area (Å²) >= 11 is 19.5. The molecule has 2 heterocycles. The number of rotatable bonds is 6. The summed E-state index contributed by atoms with van der Waals surface area (Å²) in [6.07, 6.45) is 3.66. The summed E-state index contributed by atoms with van der Waals surface area (Å²) in [5.41, 5.74) is 3.10. The zero-order chi connectivity index (χ0) is 21.7. The summed E-state index contributed by atoms with van der Waals surface area (Å²) in [4.78, 5) is 10.9. The highest BCUT2D eigenvalue weighted by molar-refractivity contribution is 7.98. The third kappa shape index (κ3) is 5.45. The van der Waals surface area contributed by atoms with Gasteiger partial charge in [-0.1, -0.05) is 46.6 Å². The number of nitriles is 1. The maximum atomic E-state index is 14.1. The molecule has 1 unspecified atom stereocenters. The number of aromatic nitrogens is 2. The summed E-state index contributed by atoms with van der Waals surface area (Å²) in [6.45, 7) is 1.96. The molecule has 1 saturated heterocycles. The Morgan fingerprint density at radius 2 is 2.23 bits per heavy atom. The molecule has 158 valence electrons. The van der Waals surface area contributed by atoms with Gasteiger partial charge in [0.2, 0.25) is 0 Å². The van der Waals surface area contributed by atoms with E-state index in [1.807, 2.05) is 11.2 Å². The van der Waals surface area contributed by atoms with Crippen LogP contribution in [0.5, 0.6) is 0 Å². The van der Waals surface area contributed by atoms with Gasteiger partial charge in [0, 0.05) is 30.7 Å². The van der Waals surface area contributed by atoms with Gasteiger partial charge in [-0.15, -0.1) is 0 Å². The van der Waals surface area contributed by atoms with Crippen LogP contribution in [-0.2, 0) is 0 Å². The van der Waals surface area contributed by atoms with Gasteiger partial charge in [-0.25, -0.2) is 14.4 Å². The molecule has 1 aliphatic heterocycles. The van der Waals surface area contributed by atoms with Crippen molar-refractivity contribution in [3.8, 4) is 6.07 Å². The number of hydrogen-bond donors (Lipinski definition) is 2. The second-order valence-corrected chi connectivity index (χ2v) is 8.29. The number of thioether (sulfide) groups is 1. The molecule has 30 heavy (non-hydrogen) atoms. The number of halogens is 4. The minimum absolute atomic E-state index is 0.0147. The molecule has 1 aromatic carbocycles. The van der Waals surface area contributed by atoms with E-state index in [9.17, 15) is 4.39 Å². The fourth-order valence-electron chi connectivity index (χ4n) is 2.92. The lowest BCUT2D eigenvalue weighted by molar-refractivity contribution is 0.459. The summed E-state index contributed by atoms with van der Waals surface area (Å²) in [5, 5.41) is 17.3. The molecule has 1 fully saturated rings. The Kier molecular flexibility index (Phi) is 7.97. The number of nitrogens with zero attached hydrogens (tertiary/aromatic N) is 5. The van der Waals surface area contributed by atoms with Crippen molar-refractivity contribution in [3.05, 3.63) is 38.7 Å². The minimum Gasteiger partial charge on any atom is -0.353 e. The fourth-order valence-corrected chi connectivity index (χ4v) is 4.04. The molecule has 1 aliphatic rings. The highest BCUT2D eigenvalue weighted by Gasteiger charge is 2.24. The molecule has 2 aromatic rings. The van der Waals surface area contributed by atoms with E-state index in [-0.39, 0.29) is 26.9 Å². The zero-order valence-electron chi connectivity index (χ0n) is 15.8. The van der Waals surface area contributed by atoms with Crippen molar-refractivity contribution < 1.29 is 4.39 Å². The Bertz CT molecular complexity index is 999. The minimum atomic E-state index is -0.667. The average Bonchev–Trinajstić information content (AvgIpc) is 2.72. The van der Waals surface area contributed by atoms with E-state index in [0.717, 1.165) is 0 Å². The molecule has 0 aliphatic carbocycles. The fraction of sp³-hybridized carbons (Fsp3) is 0.333. The second-order valence-electron chi connectivity index (χ2n) is 6.32. The quantitative estimate of drug-likeness (QED) is 0.155. The van der Waals surface area contributed by atoms with Crippen LogP contribution in [0.1, 0.15) is 12.0 Å². The van der Waals surface area contributed by atoms with Gasteiger partial charge in [-0.05, 0) is 18.4 Å². The van der Waals surface area contributed by atoms with E-state index in [1.165, 1.54) is 30.1 Å². The average molecular weight is 489 g/mol. The SMILES string of the molecule is CSc1nc(Cl)c(/C=N/Nc2cc(Cl)cc(Cl)c2F)c(N2CCNC(CC#N)C2)n1. The van der Waals surface area contributed by atoms with Crippen LogP contribution in [0.4, 0.5) is 15.9 Å². The highest BCUT2D eigenvalue weighted by Crippen LogP contribution is 2.29. The summed E-state index contributed by atoms with van der Waals surface area (Å²) in [7, 11) is 0. The van der Waals surface area contributed by atoms with Crippen LogP contribution in [0.25, 0.3) is 0 Å². The molecule has 0 bridgehead atoms. The first kappa shape index (κ1) is 22.8. The highest BCUT2D eigenvalue weighted by atomic mass is 35.5. The lowest BCUT2D eigenvalue weighted by Gasteiger charge is -2.34. The Hall–Kier alpha value is -1.83. The van der Waals surface area contributed by atoms with Crippen LogP contribution in [0, 0.1) is 17.1 Å². The van der Waals surface area contributed by atoms with Crippen LogP contribution in [-0.4, -0.2) is 48.1 Å². The number of anilines is 2. The van der Waals surface area contributed by atoms with E-state index in [2.05, 4.69) is 31.9 Å². The lowest BCUT2D eigenvalue weighted by Crippen LogP contribution is -2.51. The molecule has 0 radical (unpaired) electrons. The second kappa shape index (κ2) is 10.5. The normalized spacial score (nSPS) is 16.7. The van der Waals surface area contributed by atoms with Gasteiger partial charge in [-0.3, -0.25) is 5.43 Å². The van der Waals surface area contributed by atoms with Gasteiger partial charge >= 0.3 is 0 Å². The molecular weight excluding hydrogens is 472 g/mol. The molecule has 12 heteroatoms. The van der Waals surface area contributed by atoms with Crippen LogP contribution >= 0.6 is 46.6 Å². The third-order valence-corrected chi connectivity index (χ3v) is 5.63. The van der Waals surface area contributed by atoms with Gasteiger partial charge in [0.25, 0.3) is 0 Å². The molecule has 0 amide bonds. The standard InChI is InChI=1S/C18H17Cl3FN7S/c1-30-18-26-16(21)12(8-25-28-14-7-10(19)6-13(20)15(14)22)17(27-18)29-5-4-24-11(9-29)2-3-23/h6-8,11,24,28H,2,4-5,9H2,1H3/b25-8+. The number of benzene rings is 1. The summed E-state index contributed by atoms with van der Waals surface area (Å²) in [6, 6.07) is 4.87.